The van der Waals surface area contributed by atoms with Gasteiger partial charge in [0.05, 0.1) is 6.10 Å². The van der Waals surface area contributed by atoms with Crippen LogP contribution in [0, 0.1) is 5.41 Å². The van der Waals surface area contributed by atoms with Crippen molar-refractivity contribution < 1.29 is 4.74 Å². The highest BCUT2D eigenvalue weighted by molar-refractivity contribution is 9.10. The summed E-state index contributed by atoms with van der Waals surface area (Å²) < 4.78 is 6.86. The number of alkyl halides is 1. The smallest absolute Gasteiger partial charge is 0.0618 e. The topological polar surface area (TPSA) is 9.23 Å². The number of halogens is 2. The molecule has 0 radical (unpaired) electrons. The lowest BCUT2D eigenvalue weighted by Gasteiger charge is -2.29. The van der Waals surface area contributed by atoms with Gasteiger partial charge in [-0.3, -0.25) is 0 Å². The molecule has 0 amide bonds. The molecule has 2 unspecified atom stereocenters. The summed E-state index contributed by atoms with van der Waals surface area (Å²) >= 11 is 11.5. The van der Waals surface area contributed by atoms with Gasteiger partial charge in [-0.15, -0.1) is 22.9 Å². The van der Waals surface area contributed by atoms with Gasteiger partial charge in [0, 0.05) is 27.3 Å². The quantitative estimate of drug-likeness (QED) is 0.764. The molecule has 2 rings (SSSR count). The van der Waals surface area contributed by atoms with Crippen molar-refractivity contribution >= 4 is 38.9 Å². The van der Waals surface area contributed by atoms with Crippen LogP contribution in [-0.2, 0) is 11.2 Å². The van der Waals surface area contributed by atoms with Crippen molar-refractivity contribution in [3.05, 3.63) is 20.8 Å². The molecule has 1 fully saturated rings. The van der Waals surface area contributed by atoms with E-state index in [1.165, 1.54) is 9.35 Å². The fourth-order valence-corrected chi connectivity index (χ4v) is 4.14. The molecule has 0 spiro atoms. The first-order valence-electron chi connectivity index (χ1n) is 5.07. The first-order chi connectivity index (χ1) is 7.18. The summed E-state index contributed by atoms with van der Waals surface area (Å²) in [4.78, 5) is 1.38. The fraction of sp³-hybridized carbons (Fsp3) is 0.636. The second-order valence-corrected chi connectivity index (χ2v) is 6.25. The highest BCUT2D eigenvalue weighted by atomic mass is 79.9. The second kappa shape index (κ2) is 4.74. The minimum atomic E-state index is 0.134. The monoisotopic (exact) mass is 308 g/mol. The van der Waals surface area contributed by atoms with Crippen molar-refractivity contribution in [2.45, 2.75) is 25.9 Å². The molecule has 1 nitrogen and oxygen atoms in total. The summed E-state index contributed by atoms with van der Waals surface area (Å²) in [6, 6.07) is 2.10. The van der Waals surface area contributed by atoms with E-state index in [-0.39, 0.29) is 11.5 Å². The van der Waals surface area contributed by atoms with E-state index in [4.69, 9.17) is 16.3 Å². The summed E-state index contributed by atoms with van der Waals surface area (Å²) in [5.74, 6) is 0.679. The van der Waals surface area contributed by atoms with Crippen molar-refractivity contribution in [2.24, 2.45) is 5.41 Å². The Kier molecular flexibility index (Phi) is 3.76. The van der Waals surface area contributed by atoms with Crippen molar-refractivity contribution in [2.75, 3.05) is 12.5 Å². The third-order valence-electron chi connectivity index (χ3n) is 3.30. The molecule has 1 aromatic rings. The van der Waals surface area contributed by atoms with E-state index in [1.807, 2.05) is 0 Å². The first-order valence-corrected chi connectivity index (χ1v) is 7.28. The predicted molar refractivity (Wildman–Crippen MR) is 68.9 cm³/mol. The molecule has 1 aliphatic heterocycles. The van der Waals surface area contributed by atoms with Crippen LogP contribution in [0.15, 0.2) is 15.9 Å². The Bertz CT molecular complexity index is 341. The molecule has 0 N–H and O–H groups in total. The molecule has 4 heteroatoms. The highest BCUT2D eigenvalue weighted by Crippen LogP contribution is 2.41. The molecule has 0 aromatic carbocycles. The highest BCUT2D eigenvalue weighted by Gasteiger charge is 2.41. The number of rotatable bonds is 3. The summed E-state index contributed by atoms with van der Waals surface area (Å²) in [5.41, 5.74) is 0.134. The number of ether oxygens (including phenoxy) is 1. The molecule has 0 bridgehead atoms. The zero-order valence-corrected chi connectivity index (χ0v) is 11.8. The molecule has 2 atom stereocenters. The lowest BCUT2D eigenvalue weighted by molar-refractivity contribution is 0.0738. The van der Waals surface area contributed by atoms with Gasteiger partial charge in [0.15, 0.2) is 0 Å². The number of thiophene rings is 1. The van der Waals surface area contributed by atoms with Gasteiger partial charge in [-0.2, -0.15) is 0 Å². The Morgan fingerprint density at radius 2 is 2.53 bits per heavy atom. The first kappa shape index (κ1) is 11.9. The summed E-state index contributed by atoms with van der Waals surface area (Å²) in [6.07, 6.45) is 2.36. The average Bonchev–Trinajstić information content (AvgIpc) is 2.77. The lowest BCUT2D eigenvalue weighted by atomic mass is 9.80. The van der Waals surface area contributed by atoms with E-state index in [0.29, 0.717) is 5.88 Å². The van der Waals surface area contributed by atoms with Crippen LogP contribution in [0.25, 0.3) is 0 Å². The van der Waals surface area contributed by atoms with Crippen molar-refractivity contribution in [1.82, 2.24) is 0 Å². The summed E-state index contributed by atoms with van der Waals surface area (Å²) in [6.45, 7) is 2.98. The normalized spacial score (nSPS) is 31.0. The standard InChI is InChI=1S/C11H14BrClOS/c1-8-11(7-13,3-4-14-8)6-10-9(12)2-5-15-10/h2,5,8H,3-4,6-7H2,1H3. The van der Waals surface area contributed by atoms with Gasteiger partial charge in [0.1, 0.15) is 0 Å². The Morgan fingerprint density at radius 1 is 1.73 bits per heavy atom. The van der Waals surface area contributed by atoms with E-state index >= 15 is 0 Å². The Balaban J connectivity index is 2.18. The van der Waals surface area contributed by atoms with Crippen LogP contribution in [0.2, 0.25) is 0 Å². The van der Waals surface area contributed by atoms with Crippen LogP contribution in [0.5, 0.6) is 0 Å². The van der Waals surface area contributed by atoms with Gasteiger partial charge in [-0.25, -0.2) is 0 Å². The number of hydrogen-bond donors (Lipinski definition) is 0. The second-order valence-electron chi connectivity index (χ2n) is 4.13. The molecular formula is C11H14BrClOS. The van der Waals surface area contributed by atoms with Crippen LogP contribution >= 0.6 is 38.9 Å². The molecular weight excluding hydrogens is 296 g/mol. The Morgan fingerprint density at radius 3 is 3.00 bits per heavy atom. The zero-order valence-electron chi connectivity index (χ0n) is 8.63. The maximum Gasteiger partial charge on any atom is 0.0618 e. The largest absolute Gasteiger partial charge is 0.378 e. The fourth-order valence-electron chi connectivity index (χ4n) is 2.04. The van der Waals surface area contributed by atoms with Crippen LogP contribution in [-0.4, -0.2) is 18.6 Å². The lowest BCUT2D eigenvalue weighted by Crippen LogP contribution is -2.32. The van der Waals surface area contributed by atoms with E-state index in [0.717, 1.165) is 19.4 Å². The van der Waals surface area contributed by atoms with Gasteiger partial charge in [-0.1, -0.05) is 0 Å². The van der Waals surface area contributed by atoms with Crippen LogP contribution < -0.4 is 0 Å². The predicted octanol–water partition coefficient (Wildman–Crippen LogP) is 4.09. The molecule has 0 saturated carbocycles. The van der Waals surface area contributed by atoms with Crippen LogP contribution in [0.1, 0.15) is 18.2 Å². The van der Waals surface area contributed by atoms with Gasteiger partial charge >= 0.3 is 0 Å². The Hall–Kier alpha value is 0.430. The molecule has 2 heterocycles. The van der Waals surface area contributed by atoms with Crippen LogP contribution in [0.3, 0.4) is 0 Å². The summed E-state index contributed by atoms with van der Waals surface area (Å²) in [7, 11) is 0. The Labute approximate surface area is 108 Å². The van der Waals surface area contributed by atoms with Crippen molar-refractivity contribution in [3.63, 3.8) is 0 Å². The van der Waals surface area contributed by atoms with E-state index in [1.54, 1.807) is 11.3 Å². The van der Waals surface area contributed by atoms with Gasteiger partial charge in [0.2, 0.25) is 0 Å². The van der Waals surface area contributed by atoms with E-state index < -0.39 is 0 Å². The maximum atomic E-state index is 6.14. The molecule has 1 aromatic heterocycles. The van der Waals surface area contributed by atoms with E-state index in [2.05, 4.69) is 34.3 Å². The maximum absolute atomic E-state index is 6.14. The molecule has 15 heavy (non-hydrogen) atoms. The number of hydrogen-bond acceptors (Lipinski definition) is 2. The third kappa shape index (κ3) is 2.26. The van der Waals surface area contributed by atoms with Gasteiger partial charge < -0.3 is 4.74 Å². The van der Waals surface area contributed by atoms with Gasteiger partial charge in [0.25, 0.3) is 0 Å². The van der Waals surface area contributed by atoms with Crippen molar-refractivity contribution in [1.29, 1.82) is 0 Å². The molecule has 1 saturated heterocycles. The minimum absolute atomic E-state index is 0.134. The van der Waals surface area contributed by atoms with E-state index in [9.17, 15) is 0 Å². The average molecular weight is 310 g/mol. The van der Waals surface area contributed by atoms with Crippen LogP contribution in [0.4, 0.5) is 0 Å². The van der Waals surface area contributed by atoms with Crippen molar-refractivity contribution in [3.8, 4) is 0 Å². The third-order valence-corrected chi connectivity index (χ3v) is 5.76. The zero-order chi connectivity index (χ0) is 10.9. The molecule has 1 aliphatic rings. The molecule has 84 valence electrons. The SMILES string of the molecule is CC1OCCC1(CCl)Cc1sccc1Br. The molecule has 0 aliphatic carbocycles. The minimum Gasteiger partial charge on any atom is -0.378 e. The summed E-state index contributed by atoms with van der Waals surface area (Å²) in [5, 5.41) is 2.11. The van der Waals surface area contributed by atoms with Gasteiger partial charge in [-0.05, 0) is 47.1 Å².